The number of ether oxygens (including phenoxy) is 1. The molecule has 0 atom stereocenters. The van der Waals surface area contributed by atoms with Crippen LogP contribution in [-0.4, -0.2) is 7.11 Å². The zero-order chi connectivity index (χ0) is 24.1. The molecule has 0 unspecified atom stereocenters. The summed E-state index contributed by atoms with van der Waals surface area (Å²) in [6, 6.07) is 46.0. The maximum absolute atomic E-state index is 5.51. The van der Waals surface area contributed by atoms with Gasteiger partial charge in [0.1, 0.15) is 5.75 Å². The third-order valence-corrected chi connectivity index (χ3v) is 7.33. The SMILES string of the molecule is COc1ccc2ccc(-c3c4ccccc4c(-c4cccc5ccccc45)c4ccccc34)cc2c1. The average Bonchev–Trinajstić information content (AvgIpc) is 2.95. The Balaban J connectivity index is 1.62. The van der Waals surface area contributed by atoms with Crippen LogP contribution in [-0.2, 0) is 0 Å². The number of hydrogen-bond donors (Lipinski definition) is 0. The van der Waals surface area contributed by atoms with Crippen LogP contribution in [0, 0.1) is 0 Å². The van der Waals surface area contributed by atoms with E-state index in [1.807, 2.05) is 6.07 Å². The van der Waals surface area contributed by atoms with Crippen molar-refractivity contribution in [3.8, 4) is 28.0 Å². The van der Waals surface area contributed by atoms with Crippen molar-refractivity contribution in [2.45, 2.75) is 0 Å². The van der Waals surface area contributed by atoms with Gasteiger partial charge in [-0.25, -0.2) is 0 Å². The molecule has 0 aliphatic rings. The van der Waals surface area contributed by atoms with Crippen LogP contribution < -0.4 is 4.74 Å². The van der Waals surface area contributed by atoms with Crippen LogP contribution in [0.3, 0.4) is 0 Å². The molecule has 1 nitrogen and oxygen atoms in total. The Hall–Kier alpha value is -4.62. The molecule has 0 spiro atoms. The van der Waals surface area contributed by atoms with Crippen LogP contribution in [0.15, 0.2) is 127 Å². The predicted molar refractivity (Wildman–Crippen MR) is 154 cm³/mol. The summed E-state index contributed by atoms with van der Waals surface area (Å²) in [5, 5.41) is 10.00. The van der Waals surface area contributed by atoms with Crippen molar-refractivity contribution in [1.29, 1.82) is 0 Å². The van der Waals surface area contributed by atoms with E-state index in [1.165, 1.54) is 65.3 Å². The first-order chi connectivity index (χ1) is 17.8. The molecular weight excluding hydrogens is 436 g/mol. The topological polar surface area (TPSA) is 9.23 Å². The van der Waals surface area contributed by atoms with Gasteiger partial charge in [0.25, 0.3) is 0 Å². The highest BCUT2D eigenvalue weighted by molar-refractivity contribution is 6.23. The Morgan fingerprint density at radius 3 is 1.69 bits per heavy atom. The van der Waals surface area contributed by atoms with Crippen molar-refractivity contribution in [2.24, 2.45) is 0 Å². The molecular formula is C35H24O. The fraction of sp³-hybridized carbons (Fsp3) is 0.0286. The van der Waals surface area contributed by atoms with Crippen LogP contribution in [0.25, 0.3) is 65.3 Å². The smallest absolute Gasteiger partial charge is 0.119 e. The van der Waals surface area contributed by atoms with Gasteiger partial charge in [0.2, 0.25) is 0 Å². The molecule has 0 N–H and O–H groups in total. The predicted octanol–water partition coefficient (Wildman–Crippen LogP) is 9.64. The number of benzene rings is 7. The summed E-state index contributed by atoms with van der Waals surface area (Å²) < 4.78 is 5.51. The van der Waals surface area contributed by atoms with Gasteiger partial charge in [-0.05, 0) is 83.5 Å². The summed E-state index contributed by atoms with van der Waals surface area (Å²) in [4.78, 5) is 0. The van der Waals surface area contributed by atoms with Crippen molar-refractivity contribution < 1.29 is 4.74 Å². The Morgan fingerprint density at radius 1 is 0.417 bits per heavy atom. The molecule has 7 aromatic carbocycles. The fourth-order valence-electron chi connectivity index (χ4n) is 5.68. The lowest BCUT2D eigenvalue weighted by Gasteiger charge is -2.19. The lowest BCUT2D eigenvalue weighted by atomic mass is 9.84. The molecule has 0 bridgehead atoms. The highest BCUT2D eigenvalue weighted by Crippen LogP contribution is 2.45. The molecule has 36 heavy (non-hydrogen) atoms. The fourth-order valence-corrected chi connectivity index (χ4v) is 5.68. The minimum Gasteiger partial charge on any atom is -0.497 e. The molecule has 7 aromatic rings. The van der Waals surface area contributed by atoms with Gasteiger partial charge in [-0.15, -0.1) is 0 Å². The van der Waals surface area contributed by atoms with Crippen molar-refractivity contribution >= 4 is 43.1 Å². The van der Waals surface area contributed by atoms with Crippen molar-refractivity contribution in [3.05, 3.63) is 127 Å². The van der Waals surface area contributed by atoms with E-state index in [2.05, 4.69) is 121 Å². The average molecular weight is 461 g/mol. The van der Waals surface area contributed by atoms with Crippen LogP contribution in [0.1, 0.15) is 0 Å². The quantitative estimate of drug-likeness (QED) is 0.238. The molecule has 0 aliphatic heterocycles. The molecule has 0 aliphatic carbocycles. The third kappa shape index (κ3) is 3.17. The molecule has 0 radical (unpaired) electrons. The van der Waals surface area contributed by atoms with Crippen LogP contribution in [0.2, 0.25) is 0 Å². The van der Waals surface area contributed by atoms with Gasteiger partial charge in [0, 0.05) is 0 Å². The van der Waals surface area contributed by atoms with Gasteiger partial charge < -0.3 is 4.74 Å². The second kappa shape index (κ2) is 8.25. The van der Waals surface area contributed by atoms with E-state index in [-0.39, 0.29) is 0 Å². The number of rotatable bonds is 3. The van der Waals surface area contributed by atoms with E-state index in [9.17, 15) is 0 Å². The minimum atomic E-state index is 0.876. The lowest BCUT2D eigenvalue weighted by Crippen LogP contribution is -1.91. The van der Waals surface area contributed by atoms with Crippen molar-refractivity contribution in [1.82, 2.24) is 0 Å². The summed E-state index contributed by atoms with van der Waals surface area (Å²) in [5.41, 5.74) is 5.06. The van der Waals surface area contributed by atoms with E-state index in [1.54, 1.807) is 7.11 Å². The van der Waals surface area contributed by atoms with E-state index >= 15 is 0 Å². The largest absolute Gasteiger partial charge is 0.497 e. The summed E-state index contributed by atoms with van der Waals surface area (Å²) in [7, 11) is 1.72. The molecule has 0 saturated carbocycles. The summed E-state index contributed by atoms with van der Waals surface area (Å²) in [6.07, 6.45) is 0. The Labute approximate surface area is 210 Å². The second-order valence-electron chi connectivity index (χ2n) is 9.30. The number of fused-ring (bicyclic) bond motifs is 4. The number of methoxy groups -OCH3 is 1. The van der Waals surface area contributed by atoms with Crippen molar-refractivity contribution in [3.63, 3.8) is 0 Å². The molecule has 7 rings (SSSR count). The van der Waals surface area contributed by atoms with Gasteiger partial charge in [-0.1, -0.05) is 109 Å². The Bertz CT molecular complexity index is 1870. The summed E-state index contributed by atoms with van der Waals surface area (Å²) >= 11 is 0. The normalized spacial score (nSPS) is 11.5. The Morgan fingerprint density at radius 2 is 1.00 bits per heavy atom. The molecule has 0 amide bonds. The van der Waals surface area contributed by atoms with Gasteiger partial charge in [-0.2, -0.15) is 0 Å². The Kier molecular flexibility index (Phi) is 4.75. The van der Waals surface area contributed by atoms with E-state index < -0.39 is 0 Å². The maximum atomic E-state index is 5.51. The summed E-state index contributed by atoms with van der Waals surface area (Å²) in [5.74, 6) is 0.876. The molecule has 170 valence electrons. The van der Waals surface area contributed by atoms with E-state index in [0.717, 1.165) is 5.75 Å². The molecule has 0 aromatic heterocycles. The molecule has 0 fully saturated rings. The third-order valence-electron chi connectivity index (χ3n) is 7.33. The minimum absolute atomic E-state index is 0.876. The summed E-state index contributed by atoms with van der Waals surface area (Å²) in [6.45, 7) is 0. The van der Waals surface area contributed by atoms with Gasteiger partial charge in [-0.3, -0.25) is 0 Å². The van der Waals surface area contributed by atoms with Crippen LogP contribution in [0.4, 0.5) is 0 Å². The lowest BCUT2D eigenvalue weighted by molar-refractivity contribution is 0.415. The van der Waals surface area contributed by atoms with Crippen LogP contribution >= 0.6 is 0 Å². The molecule has 1 heteroatoms. The maximum Gasteiger partial charge on any atom is 0.119 e. The van der Waals surface area contributed by atoms with E-state index in [4.69, 9.17) is 4.74 Å². The standard InChI is InChI=1S/C35H24O/c1-36-27-20-19-23-17-18-25(21-26(23)22-27)34-30-12-4-6-14-32(30)35(33-15-7-5-13-31(33)34)29-16-8-10-24-9-2-3-11-28(24)29/h2-22H,1H3. The first-order valence-electron chi connectivity index (χ1n) is 12.3. The highest BCUT2D eigenvalue weighted by atomic mass is 16.5. The molecule has 0 heterocycles. The van der Waals surface area contributed by atoms with Gasteiger partial charge in [0.05, 0.1) is 7.11 Å². The highest BCUT2D eigenvalue weighted by Gasteiger charge is 2.17. The monoisotopic (exact) mass is 460 g/mol. The first kappa shape index (κ1) is 20.7. The second-order valence-corrected chi connectivity index (χ2v) is 9.30. The molecule has 0 saturated heterocycles. The van der Waals surface area contributed by atoms with Crippen molar-refractivity contribution in [2.75, 3.05) is 7.11 Å². The van der Waals surface area contributed by atoms with Gasteiger partial charge >= 0.3 is 0 Å². The zero-order valence-electron chi connectivity index (χ0n) is 20.0. The van der Waals surface area contributed by atoms with E-state index in [0.29, 0.717) is 0 Å². The zero-order valence-corrected chi connectivity index (χ0v) is 20.0. The first-order valence-corrected chi connectivity index (χ1v) is 12.3. The number of hydrogen-bond acceptors (Lipinski definition) is 1. The van der Waals surface area contributed by atoms with Gasteiger partial charge in [0.15, 0.2) is 0 Å². The van der Waals surface area contributed by atoms with Crippen LogP contribution in [0.5, 0.6) is 5.75 Å².